The lowest BCUT2D eigenvalue weighted by Crippen LogP contribution is -1.85. The van der Waals surface area contributed by atoms with Crippen molar-refractivity contribution in [1.29, 1.82) is 0 Å². The first-order valence-electron chi connectivity index (χ1n) is 5.88. The third-order valence-electron chi connectivity index (χ3n) is 3.31. The van der Waals surface area contributed by atoms with Crippen LogP contribution in [0.3, 0.4) is 0 Å². The van der Waals surface area contributed by atoms with Crippen LogP contribution in [-0.4, -0.2) is 9.97 Å². The van der Waals surface area contributed by atoms with E-state index in [0.717, 1.165) is 39.2 Å². The number of hydrogen-bond donors (Lipinski definition) is 2. The van der Waals surface area contributed by atoms with Crippen LogP contribution in [0.5, 0.6) is 0 Å². The summed E-state index contributed by atoms with van der Waals surface area (Å²) in [5.41, 5.74) is 10.8. The lowest BCUT2D eigenvalue weighted by molar-refractivity contribution is 0.553. The highest BCUT2D eigenvalue weighted by atomic mass is 16.4. The summed E-state index contributed by atoms with van der Waals surface area (Å²) in [4.78, 5) is 7.67. The van der Waals surface area contributed by atoms with Crippen molar-refractivity contribution in [2.24, 2.45) is 0 Å². The predicted octanol–water partition coefficient (Wildman–Crippen LogP) is 3.33. The molecule has 3 aromatic heterocycles. The Morgan fingerprint density at radius 1 is 1.22 bits per heavy atom. The van der Waals surface area contributed by atoms with E-state index in [2.05, 4.69) is 16.0 Å². The molecule has 0 atom stereocenters. The molecule has 0 spiro atoms. The van der Waals surface area contributed by atoms with Gasteiger partial charge in [-0.15, -0.1) is 0 Å². The molecule has 4 heteroatoms. The third-order valence-corrected chi connectivity index (χ3v) is 3.31. The second-order valence-corrected chi connectivity index (χ2v) is 4.57. The maximum Gasteiger partial charge on any atom is 0.194 e. The molecular weight excluding hydrogens is 226 g/mol. The van der Waals surface area contributed by atoms with Gasteiger partial charge in [-0.05, 0) is 32.9 Å². The monoisotopic (exact) mass is 241 g/mol. The van der Waals surface area contributed by atoms with Gasteiger partial charge in [0.25, 0.3) is 0 Å². The summed E-state index contributed by atoms with van der Waals surface area (Å²) in [6, 6.07) is 4.08. The summed E-state index contributed by atoms with van der Waals surface area (Å²) in [6.07, 6.45) is 1.96. The van der Waals surface area contributed by atoms with Crippen LogP contribution >= 0.6 is 0 Å². The first kappa shape index (κ1) is 10.9. The number of nitrogen functional groups attached to an aromatic ring is 1. The molecule has 0 saturated heterocycles. The van der Waals surface area contributed by atoms with Crippen LogP contribution in [0.25, 0.3) is 22.2 Å². The normalized spacial score (nSPS) is 11.3. The number of rotatable bonds is 1. The van der Waals surface area contributed by atoms with Crippen molar-refractivity contribution < 1.29 is 4.42 Å². The Bertz CT molecular complexity index is 737. The SMILES string of the molecule is Cc1ccc2c(-c3c(C)oc(N)c3C)c[nH]c2n1. The van der Waals surface area contributed by atoms with Crippen LogP contribution in [-0.2, 0) is 0 Å². The number of aryl methyl sites for hydroxylation is 2. The second kappa shape index (κ2) is 3.63. The van der Waals surface area contributed by atoms with E-state index < -0.39 is 0 Å². The molecule has 18 heavy (non-hydrogen) atoms. The Morgan fingerprint density at radius 3 is 2.67 bits per heavy atom. The number of nitrogens with zero attached hydrogens (tertiary/aromatic N) is 1. The Hall–Kier alpha value is -2.23. The second-order valence-electron chi connectivity index (χ2n) is 4.57. The van der Waals surface area contributed by atoms with Crippen LogP contribution in [0.2, 0.25) is 0 Å². The fourth-order valence-corrected chi connectivity index (χ4v) is 2.38. The first-order valence-corrected chi connectivity index (χ1v) is 5.88. The van der Waals surface area contributed by atoms with E-state index in [9.17, 15) is 0 Å². The van der Waals surface area contributed by atoms with Crippen molar-refractivity contribution in [3.05, 3.63) is 35.3 Å². The van der Waals surface area contributed by atoms with Crippen molar-refractivity contribution in [2.45, 2.75) is 20.8 Å². The van der Waals surface area contributed by atoms with Gasteiger partial charge in [0.15, 0.2) is 5.88 Å². The van der Waals surface area contributed by atoms with Gasteiger partial charge in [-0.25, -0.2) is 4.98 Å². The van der Waals surface area contributed by atoms with E-state index in [1.807, 2.05) is 33.0 Å². The Balaban J connectivity index is 2.32. The molecule has 3 aromatic rings. The molecule has 0 bridgehead atoms. The summed E-state index contributed by atoms with van der Waals surface area (Å²) in [5, 5.41) is 1.09. The fraction of sp³-hybridized carbons (Fsp3) is 0.214. The van der Waals surface area contributed by atoms with Crippen LogP contribution in [0, 0.1) is 20.8 Å². The van der Waals surface area contributed by atoms with E-state index >= 15 is 0 Å². The lowest BCUT2D eigenvalue weighted by atomic mass is 10.0. The van der Waals surface area contributed by atoms with Crippen molar-refractivity contribution >= 4 is 16.9 Å². The van der Waals surface area contributed by atoms with Crippen LogP contribution in [0.15, 0.2) is 22.7 Å². The summed E-state index contributed by atoms with van der Waals surface area (Å²) in [6.45, 7) is 5.88. The minimum Gasteiger partial charge on any atom is -0.445 e. The van der Waals surface area contributed by atoms with Crippen molar-refractivity contribution in [1.82, 2.24) is 9.97 Å². The molecule has 0 aliphatic heterocycles. The molecule has 92 valence electrons. The number of pyridine rings is 1. The topological polar surface area (TPSA) is 67.8 Å². The highest BCUT2D eigenvalue weighted by Crippen LogP contribution is 2.36. The molecule has 0 unspecified atom stereocenters. The van der Waals surface area contributed by atoms with Gasteiger partial charge in [0.05, 0.1) is 0 Å². The molecule has 3 rings (SSSR count). The fourth-order valence-electron chi connectivity index (χ4n) is 2.38. The summed E-state index contributed by atoms with van der Waals surface area (Å²) < 4.78 is 5.49. The van der Waals surface area contributed by atoms with Crippen LogP contribution in [0.4, 0.5) is 5.88 Å². The zero-order valence-electron chi connectivity index (χ0n) is 10.7. The number of anilines is 1. The van der Waals surface area contributed by atoms with E-state index in [0.29, 0.717) is 5.88 Å². The smallest absolute Gasteiger partial charge is 0.194 e. The number of aromatic amines is 1. The molecule has 0 aliphatic carbocycles. The highest BCUT2D eigenvalue weighted by Gasteiger charge is 2.17. The number of hydrogen-bond acceptors (Lipinski definition) is 3. The number of H-pyrrole nitrogens is 1. The van der Waals surface area contributed by atoms with Gasteiger partial charge in [-0.1, -0.05) is 0 Å². The maximum absolute atomic E-state index is 5.82. The molecule has 0 saturated carbocycles. The third kappa shape index (κ3) is 1.42. The molecule has 0 aromatic carbocycles. The standard InChI is InChI=1S/C14H15N3O/c1-7-4-5-10-11(6-16-14(10)17-7)12-8(2)13(15)18-9(12)3/h4-6H,15H2,1-3H3,(H,16,17). The van der Waals surface area contributed by atoms with Crippen molar-refractivity contribution in [3.63, 3.8) is 0 Å². The average molecular weight is 241 g/mol. The summed E-state index contributed by atoms with van der Waals surface area (Å²) in [7, 11) is 0. The van der Waals surface area contributed by atoms with E-state index in [-0.39, 0.29) is 0 Å². The molecule has 0 amide bonds. The number of nitrogens with two attached hydrogens (primary N) is 1. The summed E-state index contributed by atoms with van der Waals surface area (Å²) in [5.74, 6) is 1.32. The van der Waals surface area contributed by atoms with E-state index in [4.69, 9.17) is 10.2 Å². The first-order chi connectivity index (χ1) is 8.58. The van der Waals surface area contributed by atoms with E-state index in [1.165, 1.54) is 0 Å². The molecule has 0 fully saturated rings. The van der Waals surface area contributed by atoms with Gasteiger partial charge >= 0.3 is 0 Å². The van der Waals surface area contributed by atoms with Gasteiger partial charge in [-0.3, -0.25) is 0 Å². The van der Waals surface area contributed by atoms with Gasteiger partial charge in [0.1, 0.15) is 11.4 Å². The average Bonchev–Trinajstić information content (AvgIpc) is 2.81. The number of aromatic nitrogens is 2. The number of nitrogens with one attached hydrogen (secondary N) is 1. The Morgan fingerprint density at radius 2 is 2.00 bits per heavy atom. The Kier molecular flexibility index (Phi) is 2.20. The molecule has 0 radical (unpaired) electrons. The number of furan rings is 1. The largest absolute Gasteiger partial charge is 0.445 e. The highest BCUT2D eigenvalue weighted by molar-refractivity contribution is 5.95. The van der Waals surface area contributed by atoms with Crippen LogP contribution < -0.4 is 5.73 Å². The van der Waals surface area contributed by atoms with Crippen molar-refractivity contribution in [2.75, 3.05) is 5.73 Å². The molecule has 4 nitrogen and oxygen atoms in total. The zero-order chi connectivity index (χ0) is 12.9. The van der Waals surface area contributed by atoms with E-state index in [1.54, 1.807) is 0 Å². The minimum absolute atomic E-state index is 0.483. The zero-order valence-corrected chi connectivity index (χ0v) is 10.7. The number of fused-ring (bicyclic) bond motifs is 1. The maximum atomic E-state index is 5.82. The van der Waals surface area contributed by atoms with Crippen molar-refractivity contribution in [3.8, 4) is 11.1 Å². The molecular formula is C14H15N3O. The minimum atomic E-state index is 0.483. The molecule has 3 N–H and O–H groups in total. The molecule has 3 heterocycles. The quantitative estimate of drug-likeness (QED) is 0.686. The van der Waals surface area contributed by atoms with Gasteiger partial charge in [0.2, 0.25) is 0 Å². The van der Waals surface area contributed by atoms with Gasteiger partial charge in [0, 0.05) is 34.0 Å². The van der Waals surface area contributed by atoms with Crippen LogP contribution in [0.1, 0.15) is 17.0 Å². The predicted molar refractivity (Wildman–Crippen MR) is 72.4 cm³/mol. The van der Waals surface area contributed by atoms with Gasteiger partial charge in [-0.2, -0.15) is 0 Å². The molecule has 0 aliphatic rings. The summed E-state index contributed by atoms with van der Waals surface area (Å²) >= 11 is 0. The Labute approximate surface area is 105 Å². The lowest BCUT2D eigenvalue weighted by Gasteiger charge is -1.99. The van der Waals surface area contributed by atoms with Gasteiger partial charge < -0.3 is 15.1 Å².